The molecule has 1 aromatic heterocycles. The van der Waals surface area contributed by atoms with Crippen molar-refractivity contribution in [1.29, 1.82) is 0 Å². The molecule has 0 fully saturated rings. The summed E-state index contributed by atoms with van der Waals surface area (Å²) < 4.78 is 5.79. The minimum Gasteiger partial charge on any atom is -0.485 e. The van der Waals surface area contributed by atoms with Gasteiger partial charge in [0.1, 0.15) is 6.61 Å². The lowest BCUT2D eigenvalue weighted by Crippen LogP contribution is -2.02. The maximum atomic E-state index is 10.9. The highest BCUT2D eigenvalue weighted by Crippen LogP contribution is 2.23. The molecule has 0 aliphatic heterocycles. The molecule has 5 nitrogen and oxygen atoms in total. The van der Waals surface area contributed by atoms with Crippen LogP contribution < -0.4 is 10.5 Å². The van der Waals surface area contributed by atoms with Crippen molar-refractivity contribution in [2.75, 3.05) is 5.73 Å². The number of rotatable bonds is 6. The predicted molar refractivity (Wildman–Crippen MR) is 95.6 cm³/mol. The van der Waals surface area contributed by atoms with Gasteiger partial charge in [0, 0.05) is 6.20 Å². The lowest BCUT2D eigenvalue weighted by Gasteiger charge is -2.10. The number of ether oxygens (including phenoxy) is 1. The lowest BCUT2D eigenvalue weighted by atomic mass is 10.0. The average molecular weight is 334 g/mol. The van der Waals surface area contributed by atoms with Gasteiger partial charge in [-0.05, 0) is 41.3 Å². The van der Waals surface area contributed by atoms with Gasteiger partial charge in [-0.15, -0.1) is 0 Å². The van der Waals surface area contributed by atoms with Crippen molar-refractivity contribution in [3.8, 4) is 5.75 Å². The van der Waals surface area contributed by atoms with Gasteiger partial charge in [0.25, 0.3) is 0 Å². The number of hydrogen-bond donors (Lipinski definition) is 2. The van der Waals surface area contributed by atoms with Crippen molar-refractivity contribution in [2.45, 2.75) is 13.0 Å². The maximum Gasteiger partial charge on any atom is 0.335 e. The predicted octanol–water partition coefficient (Wildman–Crippen LogP) is 3.53. The van der Waals surface area contributed by atoms with E-state index in [0.717, 1.165) is 16.7 Å². The molecule has 0 aliphatic carbocycles. The number of carboxylic acids is 1. The lowest BCUT2D eigenvalue weighted by molar-refractivity contribution is 0.0697. The zero-order valence-corrected chi connectivity index (χ0v) is 13.6. The third-order valence-electron chi connectivity index (χ3n) is 3.78. The second kappa shape index (κ2) is 7.49. The summed E-state index contributed by atoms with van der Waals surface area (Å²) in [5.74, 6) is -0.0401. The van der Waals surface area contributed by atoms with Gasteiger partial charge in [-0.25, -0.2) is 9.78 Å². The number of nitrogens with zero attached hydrogens (tertiary/aromatic N) is 1. The van der Waals surface area contributed by atoms with Gasteiger partial charge in [0.2, 0.25) is 0 Å². The number of carboxylic acid groups (broad SMARTS) is 1. The second-order valence-corrected chi connectivity index (χ2v) is 5.68. The number of pyridine rings is 1. The van der Waals surface area contributed by atoms with Crippen molar-refractivity contribution in [1.82, 2.24) is 4.98 Å². The van der Waals surface area contributed by atoms with Crippen LogP contribution in [-0.2, 0) is 13.0 Å². The summed E-state index contributed by atoms with van der Waals surface area (Å²) >= 11 is 0. The van der Waals surface area contributed by atoms with E-state index < -0.39 is 5.97 Å². The largest absolute Gasteiger partial charge is 0.485 e. The molecule has 0 bridgehead atoms. The standard InChI is InChI=1S/C20H18N2O3/c21-19-18(25-13-15-4-2-1-3-5-15)11-16(12-22-19)10-14-6-8-17(9-7-14)20(23)24/h1-9,11-12H,10,13H2,(H2,21,22)(H,23,24). The molecule has 0 atom stereocenters. The van der Waals surface area contributed by atoms with Crippen molar-refractivity contribution in [3.05, 3.63) is 89.1 Å². The van der Waals surface area contributed by atoms with Gasteiger partial charge in [-0.2, -0.15) is 0 Å². The molecule has 0 saturated heterocycles. The van der Waals surface area contributed by atoms with Gasteiger partial charge in [0.05, 0.1) is 5.56 Å². The minimum absolute atomic E-state index is 0.270. The number of hydrogen-bond acceptors (Lipinski definition) is 4. The quantitative estimate of drug-likeness (QED) is 0.720. The number of benzene rings is 2. The number of nitrogen functional groups attached to an aromatic ring is 1. The van der Waals surface area contributed by atoms with Crippen molar-refractivity contribution in [3.63, 3.8) is 0 Å². The molecule has 2 aromatic carbocycles. The van der Waals surface area contributed by atoms with Gasteiger partial charge in [-0.3, -0.25) is 0 Å². The Morgan fingerprint density at radius 3 is 2.40 bits per heavy atom. The molecule has 0 amide bonds. The Balaban J connectivity index is 1.71. The zero-order valence-electron chi connectivity index (χ0n) is 13.6. The van der Waals surface area contributed by atoms with Crippen LogP contribution in [0.3, 0.4) is 0 Å². The summed E-state index contributed by atoms with van der Waals surface area (Å²) in [5, 5.41) is 8.94. The Morgan fingerprint density at radius 1 is 1.00 bits per heavy atom. The topological polar surface area (TPSA) is 85.4 Å². The number of carbonyl (C=O) groups is 1. The van der Waals surface area contributed by atoms with E-state index in [9.17, 15) is 4.79 Å². The minimum atomic E-state index is -0.933. The highest BCUT2D eigenvalue weighted by molar-refractivity contribution is 5.87. The number of anilines is 1. The molecule has 126 valence electrons. The van der Waals surface area contributed by atoms with Crippen LogP contribution in [0.15, 0.2) is 66.9 Å². The molecule has 25 heavy (non-hydrogen) atoms. The fraction of sp³-hybridized carbons (Fsp3) is 0.100. The van der Waals surface area contributed by atoms with E-state index in [4.69, 9.17) is 15.6 Å². The summed E-state index contributed by atoms with van der Waals surface area (Å²) in [7, 11) is 0. The summed E-state index contributed by atoms with van der Waals surface area (Å²) in [5.41, 5.74) is 9.16. The highest BCUT2D eigenvalue weighted by Gasteiger charge is 2.07. The number of aromatic carboxylic acids is 1. The smallest absolute Gasteiger partial charge is 0.335 e. The fourth-order valence-electron chi connectivity index (χ4n) is 2.44. The monoisotopic (exact) mass is 334 g/mol. The van der Waals surface area contributed by atoms with Crippen LogP contribution >= 0.6 is 0 Å². The summed E-state index contributed by atoms with van der Waals surface area (Å²) in [6, 6.07) is 18.5. The van der Waals surface area contributed by atoms with Crippen LogP contribution in [0.4, 0.5) is 5.82 Å². The third kappa shape index (κ3) is 4.35. The second-order valence-electron chi connectivity index (χ2n) is 5.68. The van der Waals surface area contributed by atoms with E-state index >= 15 is 0 Å². The number of nitrogens with two attached hydrogens (primary N) is 1. The van der Waals surface area contributed by atoms with Gasteiger partial charge >= 0.3 is 5.97 Å². The first kappa shape index (κ1) is 16.5. The number of aromatic nitrogens is 1. The summed E-state index contributed by atoms with van der Waals surface area (Å²) in [6.07, 6.45) is 2.32. The first-order valence-electron chi connectivity index (χ1n) is 7.85. The Labute approximate surface area is 145 Å². The van der Waals surface area contributed by atoms with Crippen LogP contribution in [0.1, 0.15) is 27.0 Å². The third-order valence-corrected chi connectivity index (χ3v) is 3.78. The zero-order chi connectivity index (χ0) is 17.6. The summed E-state index contributed by atoms with van der Waals surface area (Å²) in [6.45, 7) is 0.420. The molecule has 0 aliphatic rings. The van der Waals surface area contributed by atoms with Crippen LogP contribution in [0.5, 0.6) is 5.75 Å². The Morgan fingerprint density at radius 2 is 1.72 bits per heavy atom. The van der Waals surface area contributed by atoms with Crippen molar-refractivity contribution in [2.24, 2.45) is 0 Å². The van der Waals surface area contributed by atoms with Crippen molar-refractivity contribution < 1.29 is 14.6 Å². The normalized spacial score (nSPS) is 10.4. The Bertz CT molecular complexity index is 862. The van der Waals surface area contributed by atoms with Crippen LogP contribution in [0.2, 0.25) is 0 Å². The molecule has 3 rings (SSSR count). The Hall–Kier alpha value is -3.34. The molecule has 0 saturated carbocycles. The van der Waals surface area contributed by atoms with Crippen molar-refractivity contribution >= 4 is 11.8 Å². The Kier molecular flexibility index (Phi) is 4.95. The molecular weight excluding hydrogens is 316 g/mol. The van der Waals surface area contributed by atoms with E-state index in [-0.39, 0.29) is 5.56 Å². The molecule has 1 heterocycles. The molecular formula is C20H18N2O3. The van der Waals surface area contributed by atoms with E-state index in [1.165, 1.54) is 0 Å². The first-order chi connectivity index (χ1) is 12.1. The molecule has 5 heteroatoms. The maximum absolute atomic E-state index is 10.9. The summed E-state index contributed by atoms with van der Waals surface area (Å²) in [4.78, 5) is 15.1. The van der Waals surface area contributed by atoms with E-state index in [0.29, 0.717) is 24.6 Å². The van der Waals surface area contributed by atoms with Gasteiger partial charge in [0.15, 0.2) is 11.6 Å². The van der Waals surface area contributed by atoms with Crippen LogP contribution in [-0.4, -0.2) is 16.1 Å². The van der Waals surface area contributed by atoms with Gasteiger partial charge < -0.3 is 15.6 Å². The molecule has 3 aromatic rings. The molecule has 3 N–H and O–H groups in total. The van der Waals surface area contributed by atoms with E-state index in [2.05, 4.69) is 4.98 Å². The van der Waals surface area contributed by atoms with Crippen LogP contribution in [0, 0.1) is 0 Å². The van der Waals surface area contributed by atoms with E-state index in [1.807, 2.05) is 36.4 Å². The molecule has 0 spiro atoms. The molecule has 0 unspecified atom stereocenters. The van der Waals surface area contributed by atoms with E-state index in [1.54, 1.807) is 30.5 Å². The average Bonchev–Trinajstić information content (AvgIpc) is 2.63. The fourth-order valence-corrected chi connectivity index (χ4v) is 2.44. The first-order valence-corrected chi connectivity index (χ1v) is 7.85. The van der Waals surface area contributed by atoms with Gasteiger partial charge in [-0.1, -0.05) is 42.5 Å². The van der Waals surface area contributed by atoms with Crippen LogP contribution in [0.25, 0.3) is 0 Å². The SMILES string of the molecule is Nc1ncc(Cc2ccc(C(=O)O)cc2)cc1OCc1ccccc1. The highest BCUT2D eigenvalue weighted by atomic mass is 16.5. The molecule has 0 radical (unpaired) electrons.